The molecule has 0 aromatic carbocycles. The van der Waals surface area contributed by atoms with Gasteiger partial charge in [0.05, 0.1) is 6.67 Å². The fourth-order valence-corrected chi connectivity index (χ4v) is 1.78. The standard InChI is InChI=1S/C7H7FN4S/c8-1-2-13-7-5-6(10-3-9-5)11-4-12-7/h3-5H,1-2H2. The van der Waals surface area contributed by atoms with E-state index in [9.17, 15) is 4.39 Å². The van der Waals surface area contributed by atoms with Crippen LogP contribution in [0.5, 0.6) is 0 Å². The molecule has 0 radical (unpaired) electrons. The van der Waals surface area contributed by atoms with Crippen molar-refractivity contribution in [3.8, 4) is 0 Å². The number of hydrogen-bond acceptors (Lipinski definition) is 5. The molecule has 2 aliphatic heterocycles. The lowest BCUT2D eigenvalue weighted by Gasteiger charge is -2.12. The molecular weight excluding hydrogens is 191 g/mol. The van der Waals surface area contributed by atoms with Crippen molar-refractivity contribution >= 4 is 35.3 Å². The number of amidine groups is 1. The maximum atomic E-state index is 11.9. The Kier molecular flexibility index (Phi) is 2.49. The van der Waals surface area contributed by atoms with E-state index in [0.29, 0.717) is 11.6 Å². The van der Waals surface area contributed by atoms with Gasteiger partial charge in [0, 0.05) is 5.75 Å². The number of hydrogen-bond donors (Lipinski definition) is 0. The Bertz CT molecular complexity index is 320. The van der Waals surface area contributed by atoms with Gasteiger partial charge < -0.3 is 0 Å². The molecular formula is C7H7FN4S. The predicted molar refractivity (Wildman–Crippen MR) is 54.1 cm³/mol. The molecule has 6 heteroatoms. The van der Waals surface area contributed by atoms with Gasteiger partial charge in [-0.1, -0.05) is 0 Å². The quantitative estimate of drug-likeness (QED) is 0.651. The Morgan fingerprint density at radius 2 is 2.31 bits per heavy atom. The highest BCUT2D eigenvalue weighted by Gasteiger charge is 2.25. The van der Waals surface area contributed by atoms with Crippen molar-refractivity contribution < 1.29 is 4.39 Å². The van der Waals surface area contributed by atoms with Crippen LogP contribution in [0.1, 0.15) is 0 Å². The molecule has 0 N–H and O–H groups in total. The number of nitrogens with zero attached hydrogens (tertiary/aromatic N) is 4. The van der Waals surface area contributed by atoms with Crippen LogP contribution in [0.25, 0.3) is 0 Å². The van der Waals surface area contributed by atoms with E-state index in [1.807, 2.05) is 0 Å². The van der Waals surface area contributed by atoms with E-state index < -0.39 is 0 Å². The summed E-state index contributed by atoms with van der Waals surface area (Å²) in [5, 5.41) is 0.778. The molecule has 0 saturated heterocycles. The molecule has 0 aromatic rings. The van der Waals surface area contributed by atoms with Crippen molar-refractivity contribution in [2.75, 3.05) is 12.4 Å². The first-order valence-corrected chi connectivity index (χ1v) is 4.78. The van der Waals surface area contributed by atoms with Crippen molar-refractivity contribution in [1.82, 2.24) is 0 Å². The van der Waals surface area contributed by atoms with E-state index in [2.05, 4.69) is 20.0 Å². The minimum absolute atomic E-state index is 0.179. The average molecular weight is 198 g/mol. The molecule has 0 amide bonds. The van der Waals surface area contributed by atoms with Crippen LogP contribution in [0.3, 0.4) is 0 Å². The van der Waals surface area contributed by atoms with Gasteiger partial charge in [-0.05, 0) is 0 Å². The molecule has 0 saturated carbocycles. The van der Waals surface area contributed by atoms with Crippen LogP contribution in [0.4, 0.5) is 4.39 Å². The van der Waals surface area contributed by atoms with E-state index in [0.717, 1.165) is 5.04 Å². The van der Waals surface area contributed by atoms with Crippen LogP contribution < -0.4 is 0 Å². The molecule has 1 unspecified atom stereocenters. The molecule has 1 atom stereocenters. The second-order valence-electron chi connectivity index (χ2n) is 2.40. The summed E-state index contributed by atoms with van der Waals surface area (Å²) in [4.78, 5) is 16.0. The third-order valence-corrected chi connectivity index (χ3v) is 2.57. The summed E-state index contributed by atoms with van der Waals surface area (Å²) < 4.78 is 11.9. The summed E-state index contributed by atoms with van der Waals surface area (Å²) in [5.41, 5.74) is 0. The van der Waals surface area contributed by atoms with Gasteiger partial charge in [-0.3, -0.25) is 9.38 Å². The van der Waals surface area contributed by atoms with Gasteiger partial charge in [0.25, 0.3) is 0 Å². The van der Waals surface area contributed by atoms with E-state index >= 15 is 0 Å². The van der Waals surface area contributed by atoms with Gasteiger partial charge >= 0.3 is 0 Å². The first kappa shape index (κ1) is 8.55. The summed E-state index contributed by atoms with van der Waals surface area (Å²) in [6.07, 6.45) is 2.90. The molecule has 0 aromatic heterocycles. The lowest BCUT2D eigenvalue weighted by Crippen LogP contribution is -2.26. The van der Waals surface area contributed by atoms with Crippen LogP contribution in [0.15, 0.2) is 20.0 Å². The van der Waals surface area contributed by atoms with Crippen LogP contribution in [0, 0.1) is 0 Å². The average Bonchev–Trinajstić information content (AvgIpc) is 2.62. The number of fused-ring (bicyclic) bond motifs is 1. The fourth-order valence-electron chi connectivity index (χ4n) is 1.05. The highest BCUT2D eigenvalue weighted by atomic mass is 32.2. The van der Waals surface area contributed by atoms with E-state index in [1.165, 1.54) is 24.4 Å². The summed E-state index contributed by atoms with van der Waals surface area (Å²) in [6, 6.07) is -0.179. The zero-order valence-electron chi connectivity index (χ0n) is 6.72. The lowest BCUT2D eigenvalue weighted by atomic mass is 10.3. The number of rotatable bonds is 2. The second-order valence-corrected chi connectivity index (χ2v) is 3.52. The maximum absolute atomic E-state index is 11.9. The lowest BCUT2D eigenvalue weighted by molar-refractivity contribution is 0.533. The Labute approximate surface area is 78.8 Å². The van der Waals surface area contributed by atoms with Gasteiger partial charge in [0.1, 0.15) is 17.7 Å². The zero-order valence-corrected chi connectivity index (χ0v) is 7.54. The van der Waals surface area contributed by atoms with Gasteiger partial charge in [0.15, 0.2) is 11.9 Å². The molecule has 0 bridgehead atoms. The first-order valence-electron chi connectivity index (χ1n) is 3.80. The molecule has 13 heavy (non-hydrogen) atoms. The van der Waals surface area contributed by atoms with E-state index in [-0.39, 0.29) is 12.7 Å². The molecule has 2 rings (SSSR count). The number of aliphatic imine (C=N–C) groups is 4. The Balaban J connectivity index is 2.10. The van der Waals surface area contributed by atoms with Gasteiger partial charge in [-0.25, -0.2) is 15.0 Å². The fraction of sp³-hybridized carbons (Fsp3) is 0.429. The summed E-state index contributed by atoms with van der Waals surface area (Å²) >= 11 is 1.36. The summed E-state index contributed by atoms with van der Waals surface area (Å²) in [5.74, 6) is 1.06. The number of halogens is 1. The molecule has 0 fully saturated rings. The van der Waals surface area contributed by atoms with Crippen molar-refractivity contribution in [2.24, 2.45) is 20.0 Å². The van der Waals surface area contributed by atoms with Crippen molar-refractivity contribution in [1.29, 1.82) is 0 Å². The molecule has 68 valence electrons. The van der Waals surface area contributed by atoms with Crippen molar-refractivity contribution in [3.05, 3.63) is 0 Å². The number of alkyl halides is 1. The molecule has 2 heterocycles. The summed E-state index contributed by atoms with van der Waals surface area (Å²) in [7, 11) is 0. The minimum atomic E-state index is -0.357. The zero-order chi connectivity index (χ0) is 9.10. The van der Waals surface area contributed by atoms with E-state index in [1.54, 1.807) is 0 Å². The number of thioether (sulfide) groups is 1. The SMILES string of the molecule is FCCSC1=NC=NC2=NC=NC21. The second kappa shape index (κ2) is 3.78. The Morgan fingerprint density at radius 3 is 3.15 bits per heavy atom. The van der Waals surface area contributed by atoms with Crippen LogP contribution in [0.2, 0.25) is 0 Å². The van der Waals surface area contributed by atoms with Crippen LogP contribution >= 0.6 is 11.8 Å². The molecule has 4 nitrogen and oxygen atoms in total. The normalized spacial score (nSPS) is 24.2. The van der Waals surface area contributed by atoms with Gasteiger partial charge in [-0.2, -0.15) is 0 Å². The molecule has 0 aliphatic carbocycles. The predicted octanol–water partition coefficient (Wildman–Crippen LogP) is 0.938. The molecule has 0 spiro atoms. The topological polar surface area (TPSA) is 49.4 Å². The van der Waals surface area contributed by atoms with Crippen LogP contribution in [-0.2, 0) is 0 Å². The maximum Gasteiger partial charge on any atom is 0.163 e. The largest absolute Gasteiger partial charge is 0.255 e. The summed E-state index contributed by atoms with van der Waals surface area (Å²) in [6.45, 7) is -0.357. The third-order valence-electron chi connectivity index (χ3n) is 1.59. The Hall–Kier alpha value is -1.04. The van der Waals surface area contributed by atoms with Gasteiger partial charge in [-0.15, -0.1) is 11.8 Å². The highest BCUT2D eigenvalue weighted by Crippen LogP contribution is 2.17. The molecule has 2 aliphatic rings. The van der Waals surface area contributed by atoms with Crippen molar-refractivity contribution in [3.63, 3.8) is 0 Å². The monoisotopic (exact) mass is 198 g/mol. The Morgan fingerprint density at radius 1 is 1.38 bits per heavy atom. The third kappa shape index (κ3) is 1.67. The minimum Gasteiger partial charge on any atom is -0.255 e. The van der Waals surface area contributed by atoms with Crippen LogP contribution in [-0.4, -0.2) is 42.0 Å². The highest BCUT2D eigenvalue weighted by molar-refractivity contribution is 8.14. The van der Waals surface area contributed by atoms with E-state index in [4.69, 9.17) is 0 Å². The first-order chi connectivity index (χ1) is 6.42. The van der Waals surface area contributed by atoms with Gasteiger partial charge in [0.2, 0.25) is 0 Å². The van der Waals surface area contributed by atoms with Crippen molar-refractivity contribution in [2.45, 2.75) is 6.04 Å². The smallest absolute Gasteiger partial charge is 0.163 e.